The van der Waals surface area contributed by atoms with Gasteiger partial charge in [-0.1, -0.05) is 25.7 Å². The number of imide groups is 2. The highest BCUT2D eigenvalue weighted by Crippen LogP contribution is 2.38. The fourth-order valence-corrected chi connectivity index (χ4v) is 4.92. The minimum absolute atomic E-state index is 0.140. The maximum atomic E-state index is 13.9. The Bertz CT molecular complexity index is 897. The fourth-order valence-electron chi connectivity index (χ4n) is 4.92. The lowest BCUT2D eigenvalue weighted by molar-refractivity contribution is -0.154. The van der Waals surface area contributed by atoms with E-state index >= 15 is 0 Å². The molecule has 2 aliphatic rings. The second kappa shape index (κ2) is 10.0. The van der Waals surface area contributed by atoms with Crippen LogP contribution < -0.4 is 5.32 Å². The first kappa shape index (κ1) is 22.1. The van der Waals surface area contributed by atoms with Gasteiger partial charge in [-0.15, -0.1) is 0 Å². The van der Waals surface area contributed by atoms with Gasteiger partial charge >= 0.3 is 6.03 Å². The molecular formula is C25H30N4O3. The van der Waals surface area contributed by atoms with Crippen LogP contribution in [0.3, 0.4) is 0 Å². The first-order valence-electron chi connectivity index (χ1n) is 11.6. The second-order valence-corrected chi connectivity index (χ2v) is 8.87. The number of nitrogens with zero attached hydrogens (tertiary/aromatic N) is 3. The summed E-state index contributed by atoms with van der Waals surface area (Å²) in [7, 11) is 0. The summed E-state index contributed by atoms with van der Waals surface area (Å²) < 4.78 is 0. The Balaban J connectivity index is 1.63. The number of urea groups is 1. The molecule has 7 heteroatoms. The molecule has 2 aromatic heterocycles. The van der Waals surface area contributed by atoms with Crippen molar-refractivity contribution >= 4 is 17.8 Å². The van der Waals surface area contributed by atoms with Crippen LogP contribution in [0.5, 0.6) is 0 Å². The van der Waals surface area contributed by atoms with Crippen molar-refractivity contribution in [2.45, 2.75) is 70.3 Å². The van der Waals surface area contributed by atoms with E-state index in [2.05, 4.69) is 15.3 Å². The van der Waals surface area contributed by atoms with Gasteiger partial charge in [0.1, 0.15) is 5.41 Å². The third-order valence-electron chi connectivity index (χ3n) is 6.87. The lowest BCUT2D eigenvalue weighted by Gasteiger charge is -2.42. The molecule has 0 spiro atoms. The molecule has 0 radical (unpaired) electrons. The molecule has 0 atom stereocenters. The minimum Gasteiger partial charge on any atom is -0.277 e. The monoisotopic (exact) mass is 434 g/mol. The number of hydrogen-bond acceptors (Lipinski definition) is 5. The van der Waals surface area contributed by atoms with Crippen molar-refractivity contribution in [1.82, 2.24) is 20.2 Å². The highest BCUT2D eigenvalue weighted by atomic mass is 16.2. The summed E-state index contributed by atoms with van der Waals surface area (Å²) in [6.07, 6.45) is 14.5. The molecule has 1 saturated carbocycles. The van der Waals surface area contributed by atoms with E-state index in [1.165, 1.54) is 4.90 Å². The van der Waals surface area contributed by atoms with Crippen molar-refractivity contribution in [3.8, 4) is 0 Å². The SMILES string of the molecule is O=C1NC(=O)C(CCc2ccncc2)(CCc2ccncc2)C(=O)N1C1CCCCCC1. The largest absolute Gasteiger partial charge is 0.331 e. The van der Waals surface area contributed by atoms with E-state index in [0.717, 1.165) is 49.7 Å². The predicted molar refractivity (Wildman–Crippen MR) is 119 cm³/mol. The first-order valence-corrected chi connectivity index (χ1v) is 11.6. The zero-order valence-electron chi connectivity index (χ0n) is 18.3. The molecule has 1 aliphatic heterocycles. The fraction of sp³-hybridized carbons (Fsp3) is 0.480. The van der Waals surface area contributed by atoms with Crippen LogP contribution in [0.4, 0.5) is 4.79 Å². The lowest BCUT2D eigenvalue weighted by Crippen LogP contribution is -2.66. The van der Waals surface area contributed by atoms with Gasteiger partial charge in [0, 0.05) is 30.8 Å². The Labute approximate surface area is 188 Å². The normalized spacial score (nSPS) is 19.5. The topological polar surface area (TPSA) is 92.3 Å². The number of pyridine rings is 2. The van der Waals surface area contributed by atoms with Gasteiger partial charge in [0.05, 0.1) is 0 Å². The maximum Gasteiger partial charge on any atom is 0.331 e. The molecule has 1 N–H and O–H groups in total. The van der Waals surface area contributed by atoms with Crippen LogP contribution in [-0.2, 0) is 22.4 Å². The summed E-state index contributed by atoms with van der Waals surface area (Å²) in [4.78, 5) is 49.5. The highest BCUT2D eigenvalue weighted by Gasteiger charge is 2.54. The zero-order chi connectivity index (χ0) is 22.4. The van der Waals surface area contributed by atoms with E-state index in [0.29, 0.717) is 25.7 Å². The Kier molecular flexibility index (Phi) is 6.93. The van der Waals surface area contributed by atoms with Crippen molar-refractivity contribution in [3.05, 3.63) is 60.2 Å². The van der Waals surface area contributed by atoms with Gasteiger partial charge in [0.25, 0.3) is 0 Å². The van der Waals surface area contributed by atoms with Crippen molar-refractivity contribution in [2.75, 3.05) is 0 Å². The molecule has 4 amide bonds. The molecule has 3 heterocycles. The zero-order valence-corrected chi connectivity index (χ0v) is 18.3. The van der Waals surface area contributed by atoms with Gasteiger partial charge in [-0.25, -0.2) is 4.79 Å². The number of rotatable bonds is 7. The van der Waals surface area contributed by atoms with E-state index in [1.807, 2.05) is 24.3 Å². The number of barbiturate groups is 1. The summed E-state index contributed by atoms with van der Waals surface area (Å²) in [6.45, 7) is 0. The average Bonchev–Trinajstić information content (AvgIpc) is 3.09. The average molecular weight is 435 g/mol. The molecule has 2 fully saturated rings. The molecule has 0 unspecified atom stereocenters. The molecule has 4 rings (SSSR count). The second-order valence-electron chi connectivity index (χ2n) is 8.87. The lowest BCUT2D eigenvalue weighted by atomic mass is 9.73. The van der Waals surface area contributed by atoms with Crippen LogP contribution in [0.15, 0.2) is 49.1 Å². The van der Waals surface area contributed by atoms with Crippen molar-refractivity contribution in [1.29, 1.82) is 0 Å². The quantitative estimate of drug-likeness (QED) is 0.528. The Morgan fingerprint density at radius 3 is 1.81 bits per heavy atom. The molecule has 1 aliphatic carbocycles. The molecule has 32 heavy (non-hydrogen) atoms. The molecule has 0 aromatic carbocycles. The van der Waals surface area contributed by atoms with Gasteiger partial charge in [0.2, 0.25) is 11.8 Å². The van der Waals surface area contributed by atoms with Crippen LogP contribution in [-0.4, -0.2) is 38.8 Å². The van der Waals surface area contributed by atoms with Gasteiger partial charge in [0.15, 0.2) is 0 Å². The number of carbonyl (C=O) groups is 3. The molecule has 168 valence electrons. The van der Waals surface area contributed by atoms with Gasteiger partial charge in [-0.2, -0.15) is 0 Å². The summed E-state index contributed by atoms with van der Waals surface area (Å²) in [5, 5.41) is 2.54. The van der Waals surface area contributed by atoms with Crippen molar-refractivity contribution in [2.24, 2.45) is 5.41 Å². The highest BCUT2D eigenvalue weighted by molar-refractivity contribution is 6.19. The molecule has 1 saturated heterocycles. The van der Waals surface area contributed by atoms with E-state index in [1.54, 1.807) is 24.8 Å². The predicted octanol–water partition coefficient (Wildman–Crippen LogP) is 3.83. The Morgan fingerprint density at radius 2 is 1.31 bits per heavy atom. The third kappa shape index (κ3) is 4.71. The Morgan fingerprint density at radius 1 is 0.812 bits per heavy atom. The third-order valence-corrected chi connectivity index (χ3v) is 6.87. The standard InChI is InChI=1S/C25H30N4O3/c30-22-25(13-7-19-9-15-26-16-10-19,14-8-20-11-17-27-18-12-20)23(31)29(24(32)28-22)21-5-3-1-2-4-6-21/h9-12,15-18,21H,1-8,13-14H2,(H,28,30,32). The molecule has 2 aromatic rings. The van der Waals surface area contributed by atoms with Crippen molar-refractivity contribution < 1.29 is 14.4 Å². The van der Waals surface area contributed by atoms with Crippen LogP contribution in [0, 0.1) is 5.41 Å². The van der Waals surface area contributed by atoms with Crippen LogP contribution >= 0.6 is 0 Å². The number of hydrogen-bond donors (Lipinski definition) is 1. The van der Waals surface area contributed by atoms with Gasteiger partial charge < -0.3 is 0 Å². The first-order chi connectivity index (χ1) is 15.6. The van der Waals surface area contributed by atoms with Crippen LogP contribution in [0.1, 0.15) is 62.5 Å². The number of nitrogens with one attached hydrogen (secondary N) is 1. The number of aromatic nitrogens is 2. The maximum absolute atomic E-state index is 13.9. The summed E-state index contributed by atoms with van der Waals surface area (Å²) in [5.74, 6) is -0.804. The number of aryl methyl sites for hydroxylation is 2. The van der Waals surface area contributed by atoms with Gasteiger partial charge in [-0.05, 0) is 73.9 Å². The summed E-state index contributed by atoms with van der Waals surface area (Å²) in [6, 6.07) is 6.90. The summed E-state index contributed by atoms with van der Waals surface area (Å²) >= 11 is 0. The van der Waals surface area contributed by atoms with E-state index in [9.17, 15) is 14.4 Å². The van der Waals surface area contributed by atoms with E-state index in [4.69, 9.17) is 0 Å². The molecule has 7 nitrogen and oxygen atoms in total. The summed E-state index contributed by atoms with van der Waals surface area (Å²) in [5.41, 5.74) is 0.760. The van der Waals surface area contributed by atoms with Crippen molar-refractivity contribution in [3.63, 3.8) is 0 Å². The minimum atomic E-state index is -1.27. The molecule has 0 bridgehead atoms. The number of carbonyl (C=O) groups excluding carboxylic acids is 3. The van der Waals surface area contributed by atoms with Crippen LogP contribution in [0.2, 0.25) is 0 Å². The molecular weight excluding hydrogens is 404 g/mol. The van der Waals surface area contributed by atoms with E-state index in [-0.39, 0.29) is 11.9 Å². The van der Waals surface area contributed by atoms with Crippen LogP contribution in [0.25, 0.3) is 0 Å². The van der Waals surface area contributed by atoms with Gasteiger partial charge in [-0.3, -0.25) is 29.8 Å². The van der Waals surface area contributed by atoms with E-state index < -0.39 is 17.4 Å². The number of amides is 4. The smallest absolute Gasteiger partial charge is 0.277 e. The Hall–Kier alpha value is -3.09.